The SMILES string of the molecule is C#Cc1ccccc1CCC(=O)NC. The van der Waals surface area contributed by atoms with Gasteiger partial charge in [-0.15, -0.1) is 6.42 Å². The maximum absolute atomic E-state index is 11.0. The second-order valence-electron chi connectivity index (χ2n) is 2.97. The van der Waals surface area contributed by atoms with Crippen LogP contribution in [0.1, 0.15) is 17.5 Å². The molecular formula is C12H13NO. The van der Waals surface area contributed by atoms with E-state index in [-0.39, 0.29) is 5.91 Å². The van der Waals surface area contributed by atoms with Gasteiger partial charge < -0.3 is 5.32 Å². The second kappa shape index (κ2) is 5.08. The van der Waals surface area contributed by atoms with Crippen molar-refractivity contribution in [3.63, 3.8) is 0 Å². The standard InChI is InChI=1S/C12H13NO/c1-3-10-6-4-5-7-11(10)8-9-12(14)13-2/h1,4-7H,8-9H2,2H3,(H,13,14). The lowest BCUT2D eigenvalue weighted by Crippen LogP contribution is -2.18. The molecule has 1 aromatic rings. The number of terminal acetylenes is 1. The quantitative estimate of drug-likeness (QED) is 0.711. The van der Waals surface area contributed by atoms with E-state index in [0.717, 1.165) is 11.1 Å². The van der Waals surface area contributed by atoms with Crippen LogP contribution in [0, 0.1) is 12.3 Å². The Morgan fingerprint density at radius 2 is 2.21 bits per heavy atom. The van der Waals surface area contributed by atoms with E-state index < -0.39 is 0 Å². The highest BCUT2D eigenvalue weighted by molar-refractivity contribution is 5.75. The molecule has 0 aliphatic carbocycles. The minimum atomic E-state index is 0.0387. The molecule has 0 aliphatic rings. The van der Waals surface area contributed by atoms with E-state index in [4.69, 9.17) is 6.42 Å². The normalized spacial score (nSPS) is 9.14. The zero-order valence-corrected chi connectivity index (χ0v) is 8.21. The Morgan fingerprint density at radius 1 is 1.50 bits per heavy atom. The third kappa shape index (κ3) is 2.63. The monoisotopic (exact) mass is 187 g/mol. The average Bonchev–Trinajstić information content (AvgIpc) is 2.26. The van der Waals surface area contributed by atoms with E-state index in [0.29, 0.717) is 12.8 Å². The average molecular weight is 187 g/mol. The first-order valence-corrected chi connectivity index (χ1v) is 4.53. The van der Waals surface area contributed by atoms with Crippen molar-refractivity contribution < 1.29 is 4.79 Å². The summed E-state index contributed by atoms with van der Waals surface area (Å²) in [7, 11) is 1.63. The molecule has 72 valence electrons. The largest absolute Gasteiger partial charge is 0.359 e. The van der Waals surface area contributed by atoms with Crippen LogP contribution in [0.25, 0.3) is 0 Å². The van der Waals surface area contributed by atoms with E-state index in [9.17, 15) is 4.79 Å². The van der Waals surface area contributed by atoms with Gasteiger partial charge in [-0.3, -0.25) is 4.79 Å². The highest BCUT2D eigenvalue weighted by atomic mass is 16.1. The van der Waals surface area contributed by atoms with Crippen molar-refractivity contribution in [1.29, 1.82) is 0 Å². The maximum Gasteiger partial charge on any atom is 0.220 e. The number of hydrogen-bond acceptors (Lipinski definition) is 1. The first-order chi connectivity index (χ1) is 6.77. The molecule has 0 bridgehead atoms. The Labute approximate surface area is 84.3 Å². The lowest BCUT2D eigenvalue weighted by molar-refractivity contribution is -0.120. The number of carbonyl (C=O) groups is 1. The minimum Gasteiger partial charge on any atom is -0.359 e. The van der Waals surface area contributed by atoms with Gasteiger partial charge in [0.2, 0.25) is 5.91 Å². The molecule has 0 radical (unpaired) electrons. The van der Waals surface area contributed by atoms with Crippen molar-refractivity contribution in [3.05, 3.63) is 35.4 Å². The van der Waals surface area contributed by atoms with Gasteiger partial charge in [-0.2, -0.15) is 0 Å². The number of amides is 1. The molecule has 2 nitrogen and oxygen atoms in total. The molecule has 0 unspecified atom stereocenters. The summed E-state index contributed by atoms with van der Waals surface area (Å²) in [6.45, 7) is 0. The molecule has 0 aliphatic heterocycles. The molecule has 1 aromatic carbocycles. The van der Waals surface area contributed by atoms with Crippen LogP contribution < -0.4 is 5.32 Å². The van der Waals surface area contributed by atoms with Crippen LogP contribution in [0.3, 0.4) is 0 Å². The molecular weight excluding hydrogens is 174 g/mol. The molecule has 0 atom stereocenters. The summed E-state index contributed by atoms with van der Waals surface area (Å²) in [5.41, 5.74) is 1.93. The van der Waals surface area contributed by atoms with Gasteiger partial charge in [0, 0.05) is 19.0 Å². The number of carbonyl (C=O) groups excluding carboxylic acids is 1. The van der Waals surface area contributed by atoms with Gasteiger partial charge in [0.05, 0.1) is 0 Å². The van der Waals surface area contributed by atoms with Crippen LogP contribution in [-0.4, -0.2) is 13.0 Å². The third-order valence-corrected chi connectivity index (χ3v) is 2.07. The smallest absolute Gasteiger partial charge is 0.220 e. The fraction of sp³-hybridized carbons (Fsp3) is 0.250. The van der Waals surface area contributed by atoms with Gasteiger partial charge in [0.1, 0.15) is 0 Å². The van der Waals surface area contributed by atoms with E-state index in [1.54, 1.807) is 7.05 Å². The number of nitrogens with one attached hydrogen (secondary N) is 1. The molecule has 0 aromatic heterocycles. The topological polar surface area (TPSA) is 29.1 Å². The van der Waals surface area contributed by atoms with Crippen LogP contribution in [0.5, 0.6) is 0 Å². The van der Waals surface area contributed by atoms with Crippen molar-refractivity contribution >= 4 is 5.91 Å². The molecule has 0 fully saturated rings. The summed E-state index contributed by atoms with van der Waals surface area (Å²) in [6.07, 6.45) is 6.51. The molecule has 14 heavy (non-hydrogen) atoms. The summed E-state index contributed by atoms with van der Waals surface area (Å²) in [6, 6.07) is 7.68. The maximum atomic E-state index is 11.0. The summed E-state index contributed by atoms with van der Waals surface area (Å²) in [4.78, 5) is 11.0. The summed E-state index contributed by atoms with van der Waals surface area (Å²) < 4.78 is 0. The van der Waals surface area contributed by atoms with Crippen molar-refractivity contribution in [3.8, 4) is 12.3 Å². The zero-order valence-electron chi connectivity index (χ0n) is 8.21. The Bertz CT molecular complexity index is 363. The third-order valence-electron chi connectivity index (χ3n) is 2.07. The van der Waals surface area contributed by atoms with Crippen LogP contribution in [0.2, 0.25) is 0 Å². The Balaban J connectivity index is 2.68. The Morgan fingerprint density at radius 3 is 2.86 bits per heavy atom. The second-order valence-corrected chi connectivity index (χ2v) is 2.97. The van der Waals surface area contributed by atoms with Crippen molar-refractivity contribution in [2.24, 2.45) is 0 Å². The number of hydrogen-bond donors (Lipinski definition) is 1. The highest BCUT2D eigenvalue weighted by Gasteiger charge is 2.02. The predicted molar refractivity (Wildman–Crippen MR) is 56.8 cm³/mol. The molecule has 0 saturated carbocycles. The molecule has 0 heterocycles. The Kier molecular flexibility index (Phi) is 3.75. The van der Waals surface area contributed by atoms with Crippen molar-refractivity contribution in [2.75, 3.05) is 7.05 Å². The van der Waals surface area contributed by atoms with Gasteiger partial charge in [0.15, 0.2) is 0 Å². The fourth-order valence-corrected chi connectivity index (χ4v) is 1.25. The molecule has 0 spiro atoms. The van der Waals surface area contributed by atoms with Crippen molar-refractivity contribution in [2.45, 2.75) is 12.8 Å². The molecule has 0 saturated heterocycles. The van der Waals surface area contributed by atoms with E-state index in [1.807, 2.05) is 24.3 Å². The van der Waals surface area contributed by atoms with Gasteiger partial charge in [-0.25, -0.2) is 0 Å². The molecule has 1 amide bonds. The first-order valence-electron chi connectivity index (χ1n) is 4.53. The minimum absolute atomic E-state index is 0.0387. The Hall–Kier alpha value is -1.75. The van der Waals surface area contributed by atoms with Crippen LogP contribution in [0.4, 0.5) is 0 Å². The fourth-order valence-electron chi connectivity index (χ4n) is 1.25. The summed E-state index contributed by atoms with van der Waals surface area (Å²) in [5, 5.41) is 2.58. The van der Waals surface area contributed by atoms with E-state index >= 15 is 0 Å². The molecule has 1 N–H and O–H groups in total. The van der Waals surface area contributed by atoms with Gasteiger partial charge in [-0.05, 0) is 18.1 Å². The van der Waals surface area contributed by atoms with Crippen LogP contribution in [-0.2, 0) is 11.2 Å². The van der Waals surface area contributed by atoms with Crippen LogP contribution >= 0.6 is 0 Å². The number of benzene rings is 1. The van der Waals surface area contributed by atoms with Gasteiger partial charge >= 0.3 is 0 Å². The summed E-state index contributed by atoms with van der Waals surface area (Å²) in [5.74, 6) is 2.64. The molecule has 2 heteroatoms. The lowest BCUT2D eigenvalue weighted by atomic mass is 10.0. The number of rotatable bonds is 3. The lowest BCUT2D eigenvalue weighted by Gasteiger charge is -2.03. The highest BCUT2D eigenvalue weighted by Crippen LogP contribution is 2.09. The van der Waals surface area contributed by atoms with Gasteiger partial charge in [0.25, 0.3) is 0 Å². The van der Waals surface area contributed by atoms with E-state index in [1.165, 1.54) is 0 Å². The first kappa shape index (κ1) is 10.3. The van der Waals surface area contributed by atoms with Crippen molar-refractivity contribution in [1.82, 2.24) is 5.32 Å². The van der Waals surface area contributed by atoms with Gasteiger partial charge in [-0.1, -0.05) is 24.1 Å². The van der Waals surface area contributed by atoms with Crippen LogP contribution in [0.15, 0.2) is 24.3 Å². The summed E-state index contributed by atoms with van der Waals surface area (Å²) >= 11 is 0. The van der Waals surface area contributed by atoms with E-state index in [2.05, 4.69) is 11.2 Å². The predicted octanol–water partition coefficient (Wildman–Crippen LogP) is 1.35. The molecule has 1 rings (SSSR count). The number of aryl methyl sites for hydroxylation is 1. The zero-order chi connectivity index (χ0) is 10.4.